The maximum atomic E-state index is 13.3. The summed E-state index contributed by atoms with van der Waals surface area (Å²) in [7, 11) is 1.65. The van der Waals surface area contributed by atoms with Gasteiger partial charge in [-0.1, -0.05) is 33.3 Å². The summed E-state index contributed by atoms with van der Waals surface area (Å²) >= 11 is 1.37. The van der Waals surface area contributed by atoms with Gasteiger partial charge in [0, 0.05) is 66.3 Å². The van der Waals surface area contributed by atoms with Gasteiger partial charge in [-0.25, -0.2) is 4.98 Å². The number of nitrogens with zero attached hydrogens (tertiary/aromatic N) is 3. The molecule has 0 aliphatic carbocycles. The van der Waals surface area contributed by atoms with Crippen LogP contribution in [0.15, 0.2) is 47.8 Å². The minimum Gasteiger partial charge on any atom is -0.496 e. The number of ether oxygens (including phenoxy) is 1. The van der Waals surface area contributed by atoms with Gasteiger partial charge in [-0.3, -0.25) is 24.6 Å². The number of aryl methyl sites for hydroxylation is 1. The van der Waals surface area contributed by atoms with Gasteiger partial charge in [-0.05, 0) is 74.1 Å². The molecule has 45 heavy (non-hydrogen) atoms. The molecule has 0 spiro atoms. The van der Waals surface area contributed by atoms with Crippen molar-refractivity contribution in [1.82, 2.24) is 20.1 Å². The molecule has 3 aromatic rings. The number of nitrogens with one attached hydrogen (secondary N) is 2. The van der Waals surface area contributed by atoms with Crippen molar-refractivity contribution >= 4 is 34.2 Å². The Hall–Kier alpha value is -3.76. The number of hydrogen-bond acceptors (Lipinski definition) is 7. The first-order valence-electron chi connectivity index (χ1n) is 16.1. The summed E-state index contributed by atoms with van der Waals surface area (Å²) in [5.41, 5.74) is 3.95. The van der Waals surface area contributed by atoms with Crippen LogP contribution in [0, 0.1) is 5.92 Å². The van der Waals surface area contributed by atoms with E-state index in [-0.39, 0.29) is 29.7 Å². The van der Waals surface area contributed by atoms with Crippen LogP contribution in [0.5, 0.6) is 5.75 Å². The molecule has 2 fully saturated rings. The molecule has 0 saturated carbocycles. The average molecular weight is 632 g/mol. The van der Waals surface area contributed by atoms with Gasteiger partial charge in [0.05, 0.1) is 12.8 Å². The molecule has 2 aliphatic heterocycles. The number of thiazole rings is 1. The van der Waals surface area contributed by atoms with E-state index in [9.17, 15) is 14.4 Å². The van der Waals surface area contributed by atoms with E-state index in [4.69, 9.17) is 4.74 Å². The Morgan fingerprint density at radius 2 is 1.76 bits per heavy atom. The van der Waals surface area contributed by atoms with Gasteiger partial charge in [0.15, 0.2) is 5.13 Å². The third kappa shape index (κ3) is 8.10. The van der Waals surface area contributed by atoms with Crippen molar-refractivity contribution in [3.8, 4) is 17.0 Å². The Labute approximate surface area is 270 Å². The summed E-state index contributed by atoms with van der Waals surface area (Å²) < 4.78 is 5.57. The molecular weight excluding hydrogens is 586 g/mol. The number of benzene rings is 2. The van der Waals surface area contributed by atoms with Gasteiger partial charge in [0.1, 0.15) is 5.75 Å². The maximum absolute atomic E-state index is 13.3. The second kappa shape index (κ2) is 15.0. The van der Waals surface area contributed by atoms with Gasteiger partial charge < -0.3 is 15.0 Å². The number of anilines is 1. The van der Waals surface area contributed by atoms with E-state index in [0.29, 0.717) is 35.4 Å². The Kier molecular flexibility index (Phi) is 10.9. The predicted octanol–water partition coefficient (Wildman–Crippen LogP) is 5.86. The molecule has 1 aromatic heterocycles. The van der Waals surface area contributed by atoms with Crippen molar-refractivity contribution in [2.75, 3.05) is 38.6 Å². The molecule has 2 aromatic carbocycles. The predicted molar refractivity (Wildman–Crippen MR) is 179 cm³/mol. The van der Waals surface area contributed by atoms with Crippen molar-refractivity contribution < 1.29 is 19.1 Å². The molecule has 0 bridgehead atoms. The van der Waals surface area contributed by atoms with Gasteiger partial charge in [0.25, 0.3) is 11.8 Å². The number of hydrogen-bond donors (Lipinski definition) is 2. The van der Waals surface area contributed by atoms with Crippen LogP contribution in [0.1, 0.15) is 79.2 Å². The highest BCUT2D eigenvalue weighted by Crippen LogP contribution is 2.33. The van der Waals surface area contributed by atoms with Crippen LogP contribution < -0.4 is 15.4 Å². The minimum absolute atomic E-state index is 0.00298. The van der Waals surface area contributed by atoms with Crippen molar-refractivity contribution in [2.45, 2.75) is 71.4 Å². The Bertz CT molecular complexity index is 1480. The fourth-order valence-electron chi connectivity index (χ4n) is 6.10. The third-order valence-corrected chi connectivity index (χ3v) is 9.59. The zero-order chi connectivity index (χ0) is 31.9. The fourth-order valence-corrected chi connectivity index (χ4v) is 6.81. The number of likely N-dealkylation sites (tertiary alicyclic amines) is 2. The van der Waals surface area contributed by atoms with Crippen LogP contribution in [0.25, 0.3) is 11.3 Å². The third-order valence-electron chi connectivity index (χ3n) is 8.84. The molecule has 0 radical (unpaired) electrons. The zero-order valence-electron chi connectivity index (χ0n) is 26.8. The summed E-state index contributed by atoms with van der Waals surface area (Å²) in [6, 6.07) is 13.7. The van der Waals surface area contributed by atoms with E-state index in [1.165, 1.54) is 16.9 Å². The lowest BCUT2D eigenvalue weighted by atomic mass is 10.0. The topological polar surface area (TPSA) is 104 Å². The lowest BCUT2D eigenvalue weighted by Gasteiger charge is -2.37. The SMILES string of the molecule is CCCCc1ccc(OC)c(-c2csc(NC(=O)c3ccc(C(=O)N4CCC(N5CC[C@@H](NC(=O)C(C)C)C5)CC4)cc3)n2)c1. The first-order valence-corrected chi connectivity index (χ1v) is 17.0. The van der Waals surface area contributed by atoms with E-state index >= 15 is 0 Å². The molecule has 2 aliphatic rings. The molecule has 2 N–H and O–H groups in total. The molecule has 2 saturated heterocycles. The Morgan fingerprint density at radius 3 is 2.44 bits per heavy atom. The lowest BCUT2D eigenvalue weighted by Crippen LogP contribution is -2.47. The van der Waals surface area contributed by atoms with Crippen LogP contribution in [-0.2, 0) is 11.2 Å². The van der Waals surface area contributed by atoms with E-state index in [1.54, 1.807) is 31.4 Å². The lowest BCUT2D eigenvalue weighted by molar-refractivity contribution is -0.124. The summed E-state index contributed by atoms with van der Waals surface area (Å²) in [5.74, 6) is 0.580. The number of unbranched alkanes of at least 4 members (excludes halogenated alkanes) is 1. The average Bonchev–Trinajstić information content (AvgIpc) is 3.73. The largest absolute Gasteiger partial charge is 0.496 e. The second-order valence-electron chi connectivity index (χ2n) is 12.4. The second-order valence-corrected chi connectivity index (χ2v) is 13.2. The Morgan fingerprint density at radius 1 is 1.02 bits per heavy atom. The highest BCUT2D eigenvalue weighted by Gasteiger charge is 2.32. The number of amides is 3. The molecule has 9 nitrogen and oxygen atoms in total. The van der Waals surface area contributed by atoms with Crippen LogP contribution in [-0.4, -0.2) is 77.9 Å². The number of aromatic nitrogens is 1. The number of methoxy groups -OCH3 is 1. The first kappa shape index (κ1) is 32.6. The smallest absolute Gasteiger partial charge is 0.257 e. The summed E-state index contributed by atoms with van der Waals surface area (Å²) in [4.78, 5) is 47.4. The summed E-state index contributed by atoms with van der Waals surface area (Å²) in [6.45, 7) is 9.27. The quantitative estimate of drug-likeness (QED) is 0.275. The van der Waals surface area contributed by atoms with E-state index in [2.05, 4.69) is 39.6 Å². The Balaban J connectivity index is 1.13. The standard InChI is InChI=1S/C35H45N5O4S/c1-5-6-7-24-8-13-31(44-4)29(20-24)30-22-45-35(37-30)38-33(42)25-9-11-26(12-10-25)34(43)39-18-15-28(16-19-39)40-17-14-27(21-40)36-32(41)23(2)3/h8-13,20,22-23,27-28H,5-7,14-19,21H2,1-4H3,(H,36,41)(H,37,38,42)/t27-/m1/s1. The first-order chi connectivity index (χ1) is 21.7. The monoisotopic (exact) mass is 631 g/mol. The van der Waals surface area contributed by atoms with Crippen LogP contribution >= 0.6 is 11.3 Å². The zero-order valence-corrected chi connectivity index (χ0v) is 27.6. The molecule has 3 heterocycles. The van der Waals surface area contributed by atoms with Crippen molar-refractivity contribution in [3.05, 3.63) is 64.5 Å². The highest BCUT2D eigenvalue weighted by molar-refractivity contribution is 7.14. The number of carbonyl (C=O) groups is 3. The van der Waals surface area contributed by atoms with Gasteiger partial charge in [0.2, 0.25) is 5.91 Å². The summed E-state index contributed by atoms with van der Waals surface area (Å²) in [6.07, 6.45) is 6.06. The molecule has 1 atom stereocenters. The van der Waals surface area contributed by atoms with Gasteiger partial charge in [-0.15, -0.1) is 11.3 Å². The minimum atomic E-state index is -0.270. The van der Waals surface area contributed by atoms with Crippen molar-refractivity contribution in [1.29, 1.82) is 0 Å². The van der Waals surface area contributed by atoms with E-state index < -0.39 is 0 Å². The number of rotatable bonds is 11. The van der Waals surface area contributed by atoms with Crippen LogP contribution in [0.2, 0.25) is 0 Å². The number of carbonyl (C=O) groups excluding carboxylic acids is 3. The van der Waals surface area contributed by atoms with Crippen molar-refractivity contribution in [3.63, 3.8) is 0 Å². The molecule has 3 amide bonds. The molecule has 10 heteroatoms. The molecular formula is C35H45N5O4S. The van der Waals surface area contributed by atoms with E-state index in [0.717, 1.165) is 68.6 Å². The highest BCUT2D eigenvalue weighted by atomic mass is 32.1. The van der Waals surface area contributed by atoms with Crippen LogP contribution in [0.3, 0.4) is 0 Å². The molecule has 5 rings (SSSR count). The van der Waals surface area contributed by atoms with Crippen molar-refractivity contribution in [2.24, 2.45) is 5.92 Å². The molecule has 0 unspecified atom stereocenters. The van der Waals surface area contributed by atoms with Gasteiger partial charge >= 0.3 is 0 Å². The van der Waals surface area contributed by atoms with E-state index in [1.807, 2.05) is 30.2 Å². The maximum Gasteiger partial charge on any atom is 0.257 e. The fraction of sp³-hybridized carbons (Fsp3) is 0.486. The number of piperidine rings is 1. The van der Waals surface area contributed by atoms with Crippen LogP contribution in [0.4, 0.5) is 5.13 Å². The molecule has 240 valence electrons. The normalized spacial score (nSPS) is 17.4. The summed E-state index contributed by atoms with van der Waals surface area (Å²) in [5, 5.41) is 8.49. The van der Waals surface area contributed by atoms with Gasteiger partial charge in [-0.2, -0.15) is 0 Å².